The van der Waals surface area contributed by atoms with Crippen molar-refractivity contribution >= 4 is 17.9 Å². The lowest BCUT2D eigenvalue weighted by molar-refractivity contribution is -0.167. The summed E-state index contributed by atoms with van der Waals surface area (Å²) < 4.78 is 16.9. The third kappa shape index (κ3) is 61.4. The van der Waals surface area contributed by atoms with Crippen LogP contribution in [-0.2, 0) is 28.6 Å². The van der Waals surface area contributed by atoms with Gasteiger partial charge in [0.05, 0.1) is 0 Å². The van der Waals surface area contributed by atoms with Gasteiger partial charge in [0, 0.05) is 19.3 Å². The van der Waals surface area contributed by atoms with Gasteiger partial charge in [-0.1, -0.05) is 311 Å². The van der Waals surface area contributed by atoms with Crippen molar-refractivity contribution in [3.05, 3.63) is 85.1 Å². The minimum atomic E-state index is -0.778. The molecule has 0 aliphatic heterocycles. The van der Waals surface area contributed by atoms with E-state index in [-0.39, 0.29) is 31.1 Å². The molecule has 0 aromatic rings. The van der Waals surface area contributed by atoms with Crippen LogP contribution in [0.25, 0.3) is 0 Å². The summed E-state index contributed by atoms with van der Waals surface area (Å²) >= 11 is 0. The first-order valence-electron chi connectivity index (χ1n) is 32.6. The van der Waals surface area contributed by atoms with E-state index < -0.39 is 6.10 Å². The highest BCUT2D eigenvalue weighted by atomic mass is 16.6. The van der Waals surface area contributed by atoms with E-state index in [1.807, 2.05) is 0 Å². The van der Waals surface area contributed by atoms with E-state index in [1.165, 1.54) is 173 Å². The molecule has 0 aliphatic carbocycles. The summed E-state index contributed by atoms with van der Waals surface area (Å²) in [7, 11) is 0. The fourth-order valence-electron chi connectivity index (χ4n) is 9.31. The molecular formula is C70H122O6. The van der Waals surface area contributed by atoms with Crippen LogP contribution in [0.4, 0.5) is 0 Å². The zero-order valence-electron chi connectivity index (χ0n) is 50.3. The second kappa shape index (κ2) is 64.1. The van der Waals surface area contributed by atoms with E-state index in [4.69, 9.17) is 14.2 Å². The smallest absolute Gasteiger partial charge is 0.306 e. The van der Waals surface area contributed by atoms with Gasteiger partial charge in [-0.3, -0.25) is 14.4 Å². The fraction of sp³-hybridized carbons (Fsp3) is 0.757. The number of esters is 3. The Labute approximate surface area is 471 Å². The van der Waals surface area contributed by atoms with Crippen LogP contribution in [0.15, 0.2) is 85.1 Å². The second-order valence-corrected chi connectivity index (χ2v) is 21.7. The molecule has 0 saturated heterocycles. The van der Waals surface area contributed by atoms with Crippen LogP contribution < -0.4 is 0 Å². The average molecular weight is 1060 g/mol. The van der Waals surface area contributed by atoms with Gasteiger partial charge in [-0.2, -0.15) is 0 Å². The monoisotopic (exact) mass is 1060 g/mol. The first-order chi connectivity index (χ1) is 37.5. The first-order valence-corrected chi connectivity index (χ1v) is 32.6. The zero-order chi connectivity index (χ0) is 55.0. The summed E-state index contributed by atoms with van der Waals surface area (Å²) in [6.07, 6.45) is 84.5. The van der Waals surface area contributed by atoms with Crippen LogP contribution in [0.2, 0.25) is 0 Å². The second-order valence-electron chi connectivity index (χ2n) is 21.7. The average Bonchev–Trinajstić information content (AvgIpc) is 3.42. The van der Waals surface area contributed by atoms with Crippen LogP contribution in [0.1, 0.15) is 323 Å². The molecule has 0 spiro atoms. The summed E-state index contributed by atoms with van der Waals surface area (Å²) in [5.74, 6) is -0.872. The molecule has 0 rings (SSSR count). The molecule has 0 aliphatic rings. The van der Waals surface area contributed by atoms with E-state index in [0.717, 1.165) is 109 Å². The molecule has 0 heterocycles. The van der Waals surface area contributed by atoms with Crippen molar-refractivity contribution in [2.24, 2.45) is 0 Å². The lowest BCUT2D eigenvalue weighted by Crippen LogP contribution is -2.30. The van der Waals surface area contributed by atoms with Crippen molar-refractivity contribution in [2.45, 2.75) is 329 Å². The minimum Gasteiger partial charge on any atom is -0.462 e. The first kappa shape index (κ1) is 72.6. The van der Waals surface area contributed by atoms with Crippen LogP contribution in [0.3, 0.4) is 0 Å². The Kier molecular flexibility index (Phi) is 61.2. The van der Waals surface area contributed by atoms with E-state index >= 15 is 0 Å². The number of carbonyl (C=O) groups is 3. The van der Waals surface area contributed by atoms with E-state index in [0.29, 0.717) is 19.3 Å². The van der Waals surface area contributed by atoms with Gasteiger partial charge in [0.25, 0.3) is 0 Å². The molecule has 6 heteroatoms. The lowest BCUT2D eigenvalue weighted by atomic mass is 10.0. The highest BCUT2D eigenvalue weighted by molar-refractivity contribution is 5.71. The predicted molar refractivity (Wildman–Crippen MR) is 330 cm³/mol. The Balaban J connectivity index is 4.27. The predicted octanol–water partition coefficient (Wildman–Crippen LogP) is 22.3. The Morgan fingerprint density at radius 1 is 0.276 bits per heavy atom. The van der Waals surface area contributed by atoms with Gasteiger partial charge in [-0.25, -0.2) is 0 Å². The number of hydrogen-bond donors (Lipinski definition) is 0. The van der Waals surface area contributed by atoms with Crippen molar-refractivity contribution in [2.75, 3.05) is 13.2 Å². The van der Waals surface area contributed by atoms with E-state index in [2.05, 4.69) is 106 Å². The van der Waals surface area contributed by atoms with Gasteiger partial charge in [0.1, 0.15) is 13.2 Å². The van der Waals surface area contributed by atoms with Gasteiger partial charge in [0.2, 0.25) is 0 Å². The van der Waals surface area contributed by atoms with Crippen molar-refractivity contribution < 1.29 is 28.6 Å². The summed E-state index contributed by atoms with van der Waals surface area (Å²) in [6.45, 7) is 6.55. The Hall–Kier alpha value is -3.41. The molecule has 1 atom stereocenters. The van der Waals surface area contributed by atoms with Crippen LogP contribution in [0.5, 0.6) is 0 Å². The van der Waals surface area contributed by atoms with Gasteiger partial charge in [-0.05, 0) is 77.0 Å². The molecule has 0 saturated carbocycles. The number of ether oxygens (including phenoxy) is 3. The molecule has 0 aromatic heterocycles. The van der Waals surface area contributed by atoms with Crippen molar-refractivity contribution in [3.63, 3.8) is 0 Å². The van der Waals surface area contributed by atoms with Crippen LogP contribution in [0, 0.1) is 0 Å². The summed E-state index contributed by atoms with van der Waals surface area (Å²) in [6, 6.07) is 0. The SMILES string of the molecule is CC/C=C\C/C=C\C/C=C\C/C=C\C/C=C\C/C=C\C/C=C\CCCCCCCCCC(=O)OCC(COC(=O)CCCCCCCCCCCCC)OC(=O)CCCCCCCCCCCCCCCCCCCC. The maximum atomic E-state index is 12.9. The normalized spacial score (nSPS) is 12.6. The van der Waals surface area contributed by atoms with E-state index in [1.54, 1.807) is 0 Å². The topological polar surface area (TPSA) is 78.9 Å². The summed E-state index contributed by atoms with van der Waals surface area (Å²) in [5.41, 5.74) is 0. The molecular weight excluding hydrogens is 937 g/mol. The number of unbranched alkanes of at least 4 members (excludes halogenated alkanes) is 34. The molecule has 6 nitrogen and oxygen atoms in total. The van der Waals surface area contributed by atoms with Crippen LogP contribution in [-0.4, -0.2) is 37.2 Å². The fourth-order valence-corrected chi connectivity index (χ4v) is 9.31. The van der Waals surface area contributed by atoms with E-state index in [9.17, 15) is 14.4 Å². The Morgan fingerprint density at radius 2 is 0.513 bits per heavy atom. The van der Waals surface area contributed by atoms with Crippen molar-refractivity contribution in [1.82, 2.24) is 0 Å². The van der Waals surface area contributed by atoms with Crippen molar-refractivity contribution in [1.29, 1.82) is 0 Å². The molecule has 0 fully saturated rings. The Morgan fingerprint density at radius 3 is 0.803 bits per heavy atom. The number of carbonyl (C=O) groups excluding carboxylic acids is 3. The summed E-state index contributed by atoms with van der Waals surface area (Å²) in [5, 5.41) is 0. The molecule has 0 aromatic carbocycles. The molecule has 1 unspecified atom stereocenters. The maximum Gasteiger partial charge on any atom is 0.306 e. The molecule has 438 valence electrons. The van der Waals surface area contributed by atoms with Gasteiger partial charge < -0.3 is 14.2 Å². The number of rotatable bonds is 59. The van der Waals surface area contributed by atoms with Gasteiger partial charge in [0.15, 0.2) is 6.10 Å². The molecule has 0 N–H and O–H groups in total. The third-order valence-electron chi connectivity index (χ3n) is 14.2. The third-order valence-corrected chi connectivity index (χ3v) is 14.2. The highest BCUT2D eigenvalue weighted by Crippen LogP contribution is 2.17. The number of allylic oxidation sites excluding steroid dienone is 14. The van der Waals surface area contributed by atoms with Gasteiger partial charge >= 0.3 is 17.9 Å². The van der Waals surface area contributed by atoms with Crippen molar-refractivity contribution in [3.8, 4) is 0 Å². The van der Waals surface area contributed by atoms with Crippen LogP contribution >= 0.6 is 0 Å². The molecule has 76 heavy (non-hydrogen) atoms. The quantitative estimate of drug-likeness (QED) is 0.0261. The Bertz CT molecular complexity index is 1450. The maximum absolute atomic E-state index is 12.9. The molecule has 0 amide bonds. The largest absolute Gasteiger partial charge is 0.462 e. The standard InChI is InChI=1S/C70H122O6/c1-4-7-10-13-16-19-22-24-26-28-30-31-32-33-34-35-36-37-38-39-40-42-43-45-48-51-54-57-60-63-69(72)75-66-67(65-74-68(71)62-59-56-53-50-47-21-18-15-12-9-6-3)76-70(73)64-61-58-55-52-49-46-44-41-29-27-25-23-20-17-14-11-8-5-2/h7,10,16,19,24,26,30-31,33-34,36-37,39-40,67H,4-6,8-9,11-15,17-18,20-23,25,27-29,32,35,38,41-66H2,1-3H3/b10-7-,19-16-,26-24-,31-30-,34-33-,37-36-,40-39-. The zero-order valence-corrected chi connectivity index (χ0v) is 50.3. The molecule has 0 radical (unpaired) electrons. The molecule has 0 bridgehead atoms. The summed E-state index contributed by atoms with van der Waals surface area (Å²) in [4.78, 5) is 38.3. The minimum absolute atomic E-state index is 0.0751. The number of hydrogen-bond acceptors (Lipinski definition) is 6. The highest BCUT2D eigenvalue weighted by Gasteiger charge is 2.19. The lowest BCUT2D eigenvalue weighted by Gasteiger charge is -2.18. The van der Waals surface area contributed by atoms with Gasteiger partial charge in [-0.15, -0.1) is 0 Å².